The topological polar surface area (TPSA) is 238 Å². The largest absolute Gasteiger partial charge is 0.459 e. The van der Waals surface area contributed by atoms with E-state index in [1.807, 2.05) is 49.1 Å². The molecule has 0 aliphatic carbocycles. The molecule has 2 amide bonds. The Hall–Kier alpha value is -3.44. The van der Waals surface area contributed by atoms with Crippen LogP contribution in [0, 0.1) is 17.8 Å². The number of nitrogens with zero attached hydrogens (tertiary/aromatic N) is 5. The number of methoxy groups -OCH3 is 1. The Kier molecular flexibility index (Phi) is 17.8. The van der Waals surface area contributed by atoms with Gasteiger partial charge in [0.05, 0.1) is 53.4 Å². The minimum absolute atomic E-state index is 0.00898. The zero-order chi connectivity index (χ0) is 51.7. The van der Waals surface area contributed by atoms with Crippen LogP contribution in [0.25, 0.3) is 0 Å². The van der Waals surface area contributed by atoms with E-state index in [1.165, 1.54) is 23.8 Å². The van der Waals surface area contributed by atoms with Crippen molar-refractivity contribution in [1.29, 1.82) is 0 Å². The van der Waals surface area contributed by atoms with Crippen LogP contribution >= 0.6 is 0 Å². The van der Waals surface area contributed by atoms with Crippen molar-refractivity contribution in [2.24, 2.45) is 17.8 Å². The first kappa shape index (κ1) is 55.9. The fourth-order valence-electron chi connectivity index (χ4n) is 11.3. The smallest absolute Gasteiger partial charge is 0.324 e. The number of urea groups is 1. The van der Waals surface area contributed by atoms with Gasteiger partial charge in [-0.1, -0.05) is 39.0 Å². The number of aliphatic hydroxyl groups is 5. The van der Waals surface area contributed by atoms with Gasteiger partial charge in [-0.25, -0.2) is 4.79 Å². The molecule has 394 valence electrons. The molecular weight excluding hydrogens is 905 g/mol. The first-order valence-corrected chi connectivity index (χ1v) is 25.0. The van der Waals surface area contributed by atoms with Gasteiger partial charge < -0.3 is 64.2 Å². The van der Waals surface area contributed by atoms with Gasteiger partial charge in [-0.05, 0) is 92.3 Å². The lowest BCUT2D eigenvalue weighted by molar-refractivity contribution is -0.339. The summed E-state index contributed by atoms with van der Waals surface area (Å²) in [5.41, 5.74) is -4.08. The molecule has 4 aliphatic rings. The van der Waals surface area contributed by atoms with E-state index < -0.39 is 108 Å². The summed E-state index contributed by atoms with van der Waals surface area (Å²) in [6, 6.07) is 7.38. The highest BCUT2D eigenvalue weighted by molar-refractivity contribution is 5.91. The SMILES string of the molecule is CC[C@H]1OC(=O)[C@H](C)[C@@H](O[C@H]2C[C@@](C)(OC)[C@](O)(CN3Cc4nccnc4C3)[C@H](C)O2)[C@H](C)[C@@H](O[C@@H]2O[C@H](C)C[C@H](N(C)C(=O)N(C)c3ccccc3)[C@H]2O)[C@](C)(O)C[C@@H](C)CN[C@H](C)[C@@H](O)[C@]1(C)O. The van der Waals surface area contributed by atoms with Crippen molar-refractivity contribution in [1.82, 2.24) is 25.1 Å². The van der Waals surface area contributed by atoms with Gasteiger partial charge in [0.2, 0.25) is 0 Å². The molecule has 1 aromatic heterocycles. The number of carbonyl (C=O) groups is 2. The molecule has 18 atom stereocenters. The molecule has 0 radical (unpaired) electrons. The fraction of sp³-hybridized carbons (Fsp3) is 0.765. The third kappa shape index (κ3) is 11.7. The average Bonchev–Trinajstić information content (AvgIpc) is 3.73. The van der Waals surface area contributed by atoms with E-state index in [2.05, 4.69) is 15.3 Å². The summed E-state index contributed by atoms with van der Waals surface area (Å²) in [5.74, 6) is -3.04. The summed E-state index contributed by atoms with van der Waals surface area (Å²) in [5, 5.41) is 64.3. The second-order valence-corrected chi connectivity index (χ2v) is 21.4. The van der Waals surface area contributed by atoms with E-state index in [0.29, 0.717) is 25.3 Å². The highest BCUT2D eigenvalue weighted by Gasteiger charge is 2.59. The lowest BCUT2D eigenvalue weighted by atomic mass is 9.75. The average molecular weight is 987 g/mol. The molecule has 1 aromatic carbocycles. The van der Waals surface area contributed by atoms with E-state index in [4.69, 9.17) is 28.4 Å². The summed E-state index contributed by atoms with van der Waals surface area (Å²) >= 11 is 0. The monoisotopic (exact) mass is 987 g/mol. The minimum Gasteiger partial charge on any atom is -0.459 e. The van der Waals surface area contributed by atoms with Crippen LogP contribution in [-0.2, 0) is 46.3 Å². The van der Waals surface area contributed by atoms with Gasteiger partial charge in [-0.2, -0.15) is 0 Å². The molecule has 5 heterocycles. The van der Waals surface area contributed by atoms with E-state index >= 15 is 0 Å². The van der Waals surface area contributed by atoms with Crippen LogP contribution in [-0.4, -0.2) is 181 Å². The Bertz CT molecular complexity index is 2030. The maximum atomic E-state index is 14.6. The third-order valence-corrected chi connectivity index (χ3v) is 15.8. The first-order valence-electron chi connectivity index (χ1n) is 25.0. The molecule has 6 N–H and O–H groups in total. The third-order valence-electron chi connectivity index (χ3n) is 15.8. The number of β-amino-alcohol motifs (C(OH)–C–C–N with tert-alkyl or cyclic N) is 1. The van der Waals surface area contributed by atoms with Gasteiger partial charge in [0.25, 0.3) is 0 Å². The molecule has 0 spiro atoms. The van der Waals surface area contributed by atoms with Crippen molar-refractivity contribution in [3.8, 4) is 0 Å². The molecule has 0 saturated carbocycles. The molecule has 3 saturated heterocycles. The van der Waals surface area contributed by atoms with Gasteiger partial charge in [0, 0.05) is 77.3 Å². The molecule has 0 bridgehead atoms. The Morgan fingerprint density at radius 2 is 1.56 bits per heavy atom. The number of aromatic nitrogens is 2. The Labute approximate surface area is 414 Å². The molecule has 3 fully saturated rings. The number of carbonyl (C=O) groups excluding carboxylic acids is 2. The van der Waals surface area contributed by atoms with Crippen LogP contribution in [0.3, 0.4) is 0 Å². The molecule has 70 heavy (non-hydrogen) atoms. The maximum absolute atomic E-state index is 14.6. The molecule has 19 heteroatoms. The molecule has 0 unspecified atom stereocenters. The number of fused-ring (bicyclic) bond motifs is 1. The Balaban J connectivity index is 1.36. The van der Waals surface area contributed by atoms with Crippen molar-refractivity contribution in [2.75, 3.05) is 39.2 Å². The normalized spacial score (nSPS) is 41.4. The predicted molar refractivity (Wildman–Crippen MR) is 259 cm³/mol. The summed E-state index contributed by atoms with van der Waals surface area (Å²) in [6.45, 7) is 18.7. The highest BCUT2D eigenvalue weighted by atomic mass is 16.7. The number of rotatable bonds is 10. The number of likely N-dealkylation sites (N-methyl/N-ethyl adjacent to an activating group) is 1. The number of anilines is 1. The van der Waals surface area contributed by atoms with Crippen LogP contribution < -0.4 is 10.2 Å². The van der Waals surface area contributed by atoms with Crippen LogP contribution in [0.5, 0.6) is 0 Å². The van der Waals surface area contributed by atoms with Crippen molar-refractivity contribution >= 4 is 17.7 Å². The van der Waals surface area contributed by atoms with Gasteiger partial charge in [0.15, 0.2) is 12.6 Å². The molecule has 19 nitrogen and oxygen atoms in total. The number of hydrogen-bond donors (Lipinski definition) is 6. The number of ether oxygens (including phenoxy) is 6. The first-order chi connectivity index (χ1) is 32.8. The summed E-state index contributed by atoms with van der Waals surface area (Å²) < 4.78 is 39.1. The lowest BCUT2D eigenvalue weighted by Crippen LogP contribution is -2.70. The van der Waals surface area contributed by atoms with Crippen molar-refractivity contribution in [3.05, 3.63) is 54.1 Å². The molecule has 2 aromatic rings. The number of nitrogens with one attached hydrogen (secondary N) is 1. The number of amides is 2. The van der Waals surface area contributed by atoms with Gasteiger partial charge in [-0.3, -0.25) is 24.6 Å². The van der Waals surface area contributed by atoms with E-state index in [9.17, 15) is 35.1 Å². The van der Waals surface area contributed by atoms with Crippen LogP contribution in [0.1, 0.15) is 106 Å². The molecule has 4 aliphatic heterocycles. The fourth-order valence-corrected chi connectivity index (χ4v) is 11.3. The number of esters is 1. The predicted octanol–water partition coefficient (Wildman–Crippen LogP) is 3.36. The highest BCUT2D eigenvalue weighted by Crippen LogP contribution is 2.44. The maximum Gasteiger partial charge on any atom is 0.324 e. The lowest BCUT2D eigenvalue weighted by Gasteiger charge is -2.54. The number of hydrogen-bond acceptors (Lipinski definition) is 17. The quantitative estimate of drug-likeness (QED) is 0.187. The van der Waals surface area contributed by atoms with E-state index in [-0.39, 0.29) is 44.2 Å². The number of benzene rings is 1. The van der Waals surface area contributed by atoms with Crippen LogP contribution in [0.2, 0.25) is 0 Å². The van der Waals surface area contributed by atoms with Gasteiger partial charge in [0.1, 0.15) is 35.1 Å². The Morgan fingerprint density at radius 3 is 2.16 bits per heavy atom. The van der Waals surface area contributed by atoms with E-state index in [0.717, 1.165) is 11.4 Å². The second kappa shape index (κ2) is 22.4. The van der Waals surface area contributed by atoms with Gasteiger partial charge >= 0.3 is 12.0 Å². The van der Waals surface area contributed by atoms with Crippen LogP contribution in [0.15, 0.2) is 42.7 Å². The van der Waals surface area contributed by atoms with Crippen LogP contribution in [0.4, 0.5) is 10.5 Å². The number of aliphatic hydroxyl groups excluding tert-OH is 2. The molecule has 6 rings (SSSR count). The second-order valence-electron chi connectivity index (χ2n) is 21.4. The van der Waals surface area contributed by atoms with Gasteiger partial charge in [-0.15, -0.1) is 0 Å². The standard InChI is InChI=1S/C51H82N6O13/c1-14-39-50(10,63)43(59)33(6)54-25-29(2)23-48(8,62)44(70-46-41(58)38(22-30(3)66-46)56(12)47(61)55(11)35-18-16-15-17-19-35)31(4)42(32(5)45(60)68-39)69-40-24-49(9,65-13)51(64,34(7)67-40)28-57-26-36-37(27-57)53-21-20-52-36/h15-21,29-34,38-44,46,54,58-59,62-64H,14,22-28H2,1-13H3/t29-,30-,31+,32-,33-,34+,38+,39-,40+,41-,42+,43-,44-,46+,48-,49-,50-,51+/m1/s1. The van der Waals surface area contributed by atoms with E-state index in [1.54, 1.807) is 75.0 Å². The zero-order valence-corrected chi connectivity index (χ0v) is 43.5. The zero-order valence-electron chi connectivity index (χ0n) is 43.5. The van der Waals surface area contributed by atoms with Crippen molar-refractivity contribution < 1.29 is 63.5 Å². The summed E-state index contributed by atoms with van der Waals surface area (Å²) in [7, 11) is 4.80. The molecular formula is C51H82N6O13. The Morgan fingerprint density at radius 1 is 0.929 bits per heavy atom. The number of cyclic esters (lactones) is 1. The summed E-state index contributed by atoms with van der Waals surface area (Å²) in [4.78, 5) is 42.5. The minimum atomic E-state index is -1.87. The van der Waals surface area contributed by atoms with Crippen molar-refractivity contribution in [3.63, 3.8) is 0 Å². The number of para-hydroxylation sites is 1. The summed E-state index contributed by atoms with van der Waals surface area (Å²) in [6.07, 6.45) is -6.23. The van der Waals surface area contributed by atoms with Crippen molar-refractivity contribution in [2.45, 2.75) is 198 Å².